The summed E-state index contributed by atoms with van der Waals surface area (Å²) in [7, 11) is 0. The minimum Gasteiger partial charge on any atom is -0.389 e. The second-order valence-electron chi connectivity index (χ2n) is 3.90. The number of nitrogens with one attached hydrogen (secondary N) is 1. The van der Waals surface area contributed by atoms with Gasteiger partial charge in [-0.3, -0.25) is 0 Å². The average molecular weight is 422 g/mol. The van der Waals surface area contributed by atoms with Crippen molar-refractivity contribution in [1.82, 2.24) is 0 Å². The number of anilines is 2. The fourth-order valence-corrected chi connectivity index (χ4v) is 2.77. The molecule has 0 unspecified atom stereocenters. The molecule has 2 rings (SSSR count). The molecule has 2 aromatic carbocycles. The van der Waals surface area contributed by atoms with Gasteiger partial charge in [-0.2, -0.15) is 0 Å². The lowest BCUT2D eigenvalue weighted by molar-refractivity contribution is 0.621. The Labute approximate surface area is 136 Å². The van der Waals surface area contributed by atoms with Gasteiger partial charge in [0.15, 0.2) is 5.82 Å². The van der Waals surface area contributed by atoms with Gasteiger partial charge < -0.3 is 11.1 Å². The van der Waals surface area contributed by atoms with Gasteiger partial charge in [0.2, 0.25) is 0 Å². The molecule has 0 amide bonds. The van der Waals surface area contributed by atoms with E-state index in [0.717, 1.165) is 0 Å². The van der Waals surface area contributed by atoms with Crippen molar-refractivity contribution in [3.8, 4) is 0 Å². The van der Waals surface area contributed by atoms with Gasteiger partial charge in [0.05, 0.1) is 15.8 Å². The van der Waals surface area contributed by atoms with Crippen LogP contribution in [0.5, 0.6) is 0 Å². The quantitative estimate of drug-likeness (QED) is 0.694. The number of benzene rings is 2. The third-order valence-electron chi connectivity index (χ3n) is 2.55. The Morgan fingerprint density at radius 3 is 2.35 bits per heavy atom. The average Bonchev–Trinajstić information content (AvgIpc) is 2.37. The van der Waals surface area contributed by atoms with Crippen molar-refractivity contribution in [2.75, 3.05) is 5.32 Å². The SMILES string of the molecule is NC(=S)c1ccc(Nc2ccc(Br)cc2F)c(F)c1Br. The molecule has 3 N–H and O–H groups in total. The van der Waals surface area contributed by atoms with Crippen molar-refractivity contribution in [2.24, 2.45) is 5.73 Å². The summed E-state index contributed by atoms with van der Waals surface area (Å²) in [4.78, 5) is 0.0807. The van der Waals surface area contributed by atoms with Crippen molar-refractivity contribution in [3.63, 3.8) is 0 Å². The molecule has 2 nitrogen and oxygen atoms in total. The van der Waals surface area contributed by atoms with E-state index in [2.05, 4.69) is 37.2 Å². The summed E-state index contributed by atoms with van der Waals surface area (Å²) in [6.07, 6.45) is 0. The molecule has 0 aliphatic rings. The van der Waals surface area contributed by atoms with E-state index in [0.29, 0.717) is 10.0 Å². The van der Waals surface area contributed by atoms with Crippen LogP contribution in [0.15, 0.2) is 39.3 Å². The van der Waals surface area contributed by atoms with Crippen LogP contribution in [0.3, 0.4) is 0 Å². The molecule has 0 spiro atoms. The van der Waals surface area contributed by atoms with Crippen LogP contribution in [-0.4, -0.2) is 4.99 Å². The summed E-state index contributed by atoms with van der Waals surface area (Å²) in [5.41, 5.74) is 6.16. The Hall–Kier alpha value is -1.05. The Morgan fingerprint density at radius 1 is 1.10 bits per heavy atom. The summed E-state index contributed by atoms with van der Waals surface area (Å²) in [5, 5.41) is 2.69. The minimum absolute atomic E-state index is 0.0807. The van der Waals surface area contributed by atoms with Crippen LogP contribution in [0.4, 0.5) is 20.2 Å². The van der Waals surface area contributed by atoms with Gasteiger partial charge in [0.1, 0.15) is 10.8 Å². The Bertz CT molecular complexity index is 692. The lowest BCUT2D eigenvalue weighted by Gasteiger charge is -2.12. The van der Waals surface area contributed by atoms with Crippen molar-refractivity contribution in [3.05, 3.63) is 56.5 Å². The molecule has 104 valence electrons. The van der Waals surface area contributed by atoms with Crippen LogP contribution in [0.25, 0.3) is 0 Å². The molecule has 0 saturated carbocycles. The standard InChI is InChI=1S/C13H8Br2F2N2S/c14-6-1-3-9(8(16)5-6)19-10-4-2-7(13(18)20)11(15)12(10)17/h1-5,19H,(H2,18,20). The van der Waals surface area contributed by atoms with E-state index in [4.69, 9.17) is 18.0 Å². The van der Waals surface area contributed by atoms with Crippen LogP contribution < -0.4 is 11.1 Å². The van der Waals surface area contributed by atoms with Gasteiger partial charge in [-0.05, 0) is 46.3 Å². The number of rotatable bonds is 3. The van der Waals surface area contributed by atoms with Crippen LogP contribution in [-0.2, 0) is 0 Å². The number of hydrogen-bond donors (Lipinski definition) is 2. The number of halogens is 4. The van der Waals surface area contributed by atoms with Crippen molar-refractivity contribution in [1.29, 1.82) is 0 Å². The van der Waals surface area contributed by atoms with E-state index < -0.39 is 11.6 Å². The van der Waals surface area contributed by atoms with Crippen molar-refractivity contribution in [2.45, 2.75) is 0 Å². The van der Waals surface area contributed by atoms with E-state index in [1.54, 1.807) is 12.1 Å². The molecule has 0 radical (unpaired) electrons. The first-order valence-corrected chi connectivity index (χ1v) is 7.39. The van der Waals surface area contributed by atoms with Gasteiger partial charge in [-0.1, -0.05) is 28.1 Å². The summed E-state index contributed by atoms with van der Waals surface area (Å²) in [6, 6.07) is 7.47. The first-order chi connectivity index (χ1) is 9.40. The Morgan fingerprint density at radius 2 is 1.75 bits per heavy atom. The van der Waals surface area contributed by atoms with Gasteiger partial charge in [-0.15, -0.1) is 0 Å². The van der Waals surface area contributed by atoms with E-state index in [-0.39, 0.29) is 20.8 Å². The second-order valence-corrected chi connectivity index (χ2v) is 6.05. The number of nitrogens with two attached hydrogens (primary N) is 1. The summed E-state index contributed by atoms with van der Waals surface area (Å²) >= 11 is 11.1. The highest BCUT2D eigenvalue weighted by Crippen LogP contribution is 2.30. The second kappa shape index (κ2) is 6.15. The minimum atomic E-state index is -0.586. The lowest BCUT2D eigenvalue weighted by Crippen LogP contribution is -2.11. The lowest BCUT2D eigenvalue weighted by atomic mass is 10.2. The van der Waals surface area contributed by atoms with Crippen LogP contribution in [0.2, 0.25) is 0 Å². The monoisotopic (exact) mass is 420 g/mol. The zero-order valence-electron chi connectivity index (χ0n) is 9.88. The maximum atomic E-state index is 14.2. The summed E-state index contributed by atoms with van der Waals surface area (Å²) < 4.78 is 28.6. The van der Waals surface area contributed by atoms with Crippen LogP contribution in [0, 0.1) is 11.6 Å². The van der Waals surface area contributed by atoms with Gasteiger partial charge >= 0.3 is 0 Å². The first-order valence-electron chi connectivity index (χ1n) is 5.40. The van der Waals surface area contributed by atoms with E-state index in [1.165, 1.54) is 18.2 Å². The molecule has 0 aliphatic carbocycles. The van der Waals surface area contributed by atoms with Gasteiger partial charge in [-0.25, -0.2) is 8.78 Å². The fourth-order valence-electron chi connectivity index (χ4n) is 1.57. The molecular weight excluding hydrogens is 414 g/mol. The molecule has 0 heterocycles. The topological polar surface area (TPSA) is 38.0 Å². The Balaban J connectivity index is 2.39. The van der Waals surface area contributed by atoms with Crippen LogP contribution in [0.1, 0.15) is 5.56 Å². The molecule has 20 heavy (non-hydrogen) atoms. The Kier molecular flexibility index (Phi) is 4.72. The van der Waals surface area contributed by atoms with Crippen molar-refractivity contribution >= 4 is 60.4 Å². The van der Waals surface area contributed by atoms with Gasteiger partial charge in [0.25, 0.3) is 0 Å². The zero-order valence-corrected chi connectivity index (χ0v) is 13.9. The number of hydrogen-bond acceptors (Lipinski definition) is 2. The van der Waals surface area contributed by atoms with E-state index in [1.807, 2.05) is 0 Å². The third-order valence-corrected chi connectivity index (χ3v) is 4.04. The summed E-state index contributed by atoms with van der Waals surface area (Å²) in [5.74, 6) is -1.08. The third kappa shape index (κ3) is 3.16. The molecule has 0 aliphatic heterocycles. The molecule has 0 aromatic heterocycles. The molecular formula is C13H8Br2F2N2S. The highest BCUT2D eigenvalue weighted by Gasteiger charge is 2.14. The summed E-state index contributed by atoms with van der Waals surface area (Å²) in [6.45, 7) is 0. The first kappa shape index (κ1) is 15.3. The van der Waals surface area contributed by atoms with Crippen molar-refractivity contribution < 1.29 is 8.78 Å². The van der Waals surface area contributed by atoms with E-state index in [9.17, 15) is 8.78 Å². The normalized spacial score (nSPS) is 10.4. The fraction of sp³-hybridized carbons (Fsp3) is 0. The van der Waals surface area contributed by atoms with Crippen LogP contribution >= 0.6 is 44.1 Å². The van der Waals surface area contributed by atoms with Gasteiger partial charge in [0, 0.05) is 10.0 Å². The smallest absolute Gasteiger partial charge is 0.161 e. The predicted molar refractivity (Wildman–Crippen MR) is 87.4 cm³/mol. The maximum absolute atomic E-state index is 14.2. The molecule has 0 atom stereocenters. The molecule has 7 heteroatoms. The maximum Gasteiger partial charge on any atom is 0.161 e. The molecule has 0 bridgehead atoms. The van der Waals surface area contributed by atoms with E-state index >= 15 is 0 Å². The largest absolute Gasteiger partial charge is 0.389 e. The predicted octanol–water partition coefficient (Wildman–Crippen LogP) is 4.87. The number of thiocarbonyl (C=S) groups is 1. The highest BCUT2D eigenvalue weighted by atomic mass is 79.9. The highest BCUT2D eigenvalue weighted by molar-refractivity contribution is 9.10. The zero-order chi connectivity index (χ0) is 14.9. The molecule has 2 aromatic rings. The molecule has 0 saturated heterocycles. The molecule has 0 fully saturated rings.